The van der Waals surface area contributed by atoms with Crippen LogP contribution in [0.2, 0.25) is 10.0 Å². The summed E-state index contributed by atoms with van der Waals surface area (Å²) in [7, 11) is -3.63. The Morgan fingerprint density at radius 1 is 1.03 bits per heavy atom. The number of nitrogens with one attached hydrogen (secondary N) is 1. The molecule has 1 amide bonds. The molecule has 0 spiro atoms. The number of hydrogen-bond donors (Lipinski definition) is 1. The Bertz CT molecular complexity index is 1250. The van der Waals surface area contributed by atoms with Gasteiger partial charge in [0.05, 0.1) is 41.2 Å². The Hall–Kier alpha value is -2.74. The monoisotopic (exact) mass is 520 g/mol. The van der Waals surface area contributed by atoms with Crippen molar-refractivity contribution in [2.75, 3.05) is 17.2 Å². The maximum absolute atomic E-state index is 12.7. The van der Waals surface area contributed by atoms with Gasteiger partial charge in [-0.2, -0.15) is 0 Å². The van der Waals surface area contributed by atoms with E-state index in [1.165, 1.54) is 4.31 Å². The molecule has 9 heteroatoms. The van der Waals surface area contributed by atoms with Crippen molar-refractivity contribution in [2.45, 2.75) is 26.4 Å². The molecular formula is C25H26Cl2N2O4S. The van der Waals surface area contributed by atoms with E-state index in [-0.39, 0.29) is 28.5 Å². The van der Waals surface area contributed by atoms with Crippen molar-refractivity contribution < 1.29 is 17.9 Å². The summed E-state index contributed by atoms with van der Waals surface area (Å²) in [5.74, 6) is 0.549. The van der Waals surface area contributed by atoms with E-state index >= 15 is 0 Å². The summed E-state index contributed by atoms with van der Waals surface area (Å²) in [5, 5.41) is 3.40. The molecule has 3 rings (SSSR count). The number of ether oxygens (including phenoxy) is 1. The van der Waals surface area contributed by atoms with Crippen LogP contribution in [0.25, 0.3) is 0 Å². The third kappa shape index (κ3) is 6.44. The molecule has 3 aromatic carbocycles. The Morgan fingerprint density at radius 2 is 1.68 bits per heavy atom. The van der Waals surface area contributed by atoms with Gasteiger partial charge in [-0.25, -0.2) is 8.42 Å². The predicted molar refractivity (Wildman–Crippen MR) is 137 cm³/mol. The molecule has 0 saturated heterocycles. The summed E-state index contributed by atoms with van der Waals surface area (Å²) in [6, 6.07) is 19.0. The van der Waals surface area contributed by atoms with Crippen molar-refractivity contribution in [3.8, 4) is 5.75 Å². The molecule has 180 valence electrons. The lowest BCUT2D eigenvalue weighted by Crippen LogP contribution is -2.29. The van der Waals surface area contributed by atoms with E-state index in [4.69, 9.17) is 27.9 Å². The number of halogens is 2. The SMILES string of the molecule is CCOc1ccc([C@H](C)NC(=O)c2ccc(CN(c3cccc(Cl)c3Cl)S(C)(=O)=O)cc2)cc1. The molecule has 0 aromatic heterocycles. The Labute approximate surface area is 210 Å². The number of amides is 1. The van der Waals surface area contributed by atoms with Crippen LogP contribution < -0.4 is 14.4 Å². The smallest absolute Gasteiger partial charge is 0.251 e. The minimum Gasteiger partial charge on any atom is -0.494 e. The molecule has 0 fully saturated rings. The van der Waals surface area contributed by atoms with E-state index in [1.807, 2.05) is 38.1 Å². The highest BCUT2D eigenvalue weighted by atomic mass is 35.5. The highest BCUT2D eigenvalue weighted by molar-refractivity contribution is 7.92. The van der Waals surface area contributed by atoms with Crippen LogP contribution in [0.3, 0.4) is 0 Å². The van der Waals surface area contributed by atoms with E-state index in [1.54, 1.807) is 42.5 Å². The third-order valence-corrected chi connectivity index (χ3v) is 7.12. The number of carbonyl (C=O) groups excluding carboxylic acids is 1. The first-order valence-corrected chi connectivity index (χ1v) is 13.2. The van der Waals surface area contributed by atoms with Gasteiger partial charge in [0.1, 0.15) is 5.75 Å². The predicted octanol–water partition coefficient (Wildman–Crippen LogP) is 5.85. The fourth-order valence-corrected chi connectivity index (χ4v) is 4.72. The number of anilines is 1. The number of sulfonamides is 1. The Morgan fingerprint density at radius 3 is 2.26 bits per heavy atom. The minimum absolute atomic E-state index is 0.0450. The summed E-state index contributed by atoms with van der Waals surface area (Å²) in [5.41, 5.74) is 2.41. The normalized spacial score (nSPS) is 12.1. The van der Waals surface area contributed by atoms with Gasteiger partial charge in [0.25, 0.3) is 5.91 Å². The van der Waals surface area contributed by atoms with Crippen LogP contribution >= 0.6 is 23.2 Å². The summed E-state index contributed by atoms with van der Waals surface area (Å²) in [4.78, 5) is 12.7. The van der Waals surface area contributed by atoms with E-state index in [2.05, 4.69) is 5.32 Å². The molecule has 0 aliphatic rings. The van der Waals surface area contributed by atoms with Crippen molar-refractivity contribution >= 4 is 44.8 Å². The van der Waals surface area contributed by atoms with Crippen molar-refractivity contribution in [2.24, 2.45) is 0 Å². The molecule has 3 aromatic rings. The van der Waals surface area contributed by atoms with E-state index < -0.39 is 10.0 Å². The van der Waals surface area contributed by atoms with Gasteiger partial charge in [-0.1, -0.05) is 53.5 Å². The number of carbonyl (C=O) groups is 1. The second kappa shape index (κ2) is 11.1. The van der Waals surface area contributed by atoms with Crippen molar-refractivity contribution in [3.63, 3.8) is 0 Å². The molecule has 1 atom stereocenters. The van der Waals surface area contributed by atoms with Crippen LogP contribution in [0.1, 0.15) is 41.4 Å². The average Bonchev–Trinajstić information content (AvgIpc) is 2.80. The highest BCUT2D eigenvalue weighted by Gasteiger charge is 2.22. The number of rotatable bonds is 9. The van der Waals surface area contributed by atoms with Gasteiger partial charge in [0, 0.05) is 5.56 Å². The average molecular weight is 521 g/mol. The molecule has 0 saturated carbocycles. The first-order valence-electron chi connectivity index (χ1n) is 10.6. The van der Waals surface area contributed by atoms with E-state index in [0.717, 1.165) is 17.6 Å². The van der Waals surface area contributed by atoms with Crippen LogP contribution in [-0.2, 0) is 16.6 Å². The maximum atomic E-state index is 12.7. The maximum Gasteiger partial charge on any atom is 0.251 e. The molecule has 34 heavy (non-hydrogen) atoms. The Balaban J connectivity index is 1.72. The first-order chi connectivity index (χ1) is 16.1. The zero-order valence-electron chi connectivity index (χ0n) is 19.1. The lowest BCUT2D eigenvalue weighted by molar-refractivity contribution is 0.0940. The fourth-order valence-electron chi connectivity index (χ4n) is 3.38. The van der Waals surface area contributed by atoms with Crippen LogP contribution in [0.5, 0.6) is 5.75 Å². The van der Waals surface area contributed by atoms with Gasteiger partial charge in [-0.3, -0.25) is 9.10 Å². The van der Waals surface area contributed by atoms with Crippen LogP contribution in [0, 0.1) is 0 Å². The third-order valence-electron chi connectivity index (χ3n) is 5.18. The first kappa shape index (κ1) is 25.9. The molecule has 6 nitrogen and oxygen atoms in total. The summed E-state index contributed by atoms with van der Waals surface area (Å²) in [6.07, 6.45) is 1.11. The standard InChI is InChI=1S/C25H26Cl2N2O4S/c1-4-33-21-14-12-19(13-15-21)17(2)28-25(30)20-10-8-18(9-11-20)16-29(34(3,31)32)23-7-5-6-22(26)24(23)27/h5-15,17H,4,16H2,1-3H3,(H,28,30)/t17-/m0/s1. The molecular weight excluding hydrogens is 495 g/mol. The molecule has 0 heterocycles. The Kier molecular flexibility index (Phi) is 8.47. The fraction of sp³-hybridized carbons (Fsp3) is 0.240. The molecule has 1 N–H and O–H groups in total. The van der Waals surface area contributed by atoms with Gasteiger partial charge in [-0.15, -0.1) is 0 Å². The number of hydrogen-bond acceptors (Lipinski definition) is 4. The second-order valence-electron chi connectivity index (χ2n) is 7.74. The number of benzene rings is 3. The second-order valence-corrected chi connectivity index (χ2v) is 10.4. The van der Waals surface area contributed by atoms with Crippen molar-refractivity contribution in [3.05, 3.63) is 93.5 Å². The van der Waals surface area contributed by atoms with Crippen LogP contribution in [-0.4, -0.2) is 27.2 Å². The molecule has 0 unspecified atom stereocenters. The quantitative estimate of drug-likeness (QED) is 0.383. The minimum atomic E-state index is -3.63. The summed E-state index contributed by atoms with van der Waals surface area (Å²) in [6.45, 7) is 4.47. The van der Waals surface area contributed by atoms with Crippen molar-refractivity contribution in [1.29, 1.82) is 0 Å². The van der Waals surface area contributed by atoms with Gasteiger partial charge in [0.15, 0.2) is 0 Å². The lowest BCUT2D eigenvalue weighted by atomic mass is 10.1. The van der Waals surface area contributed by atoms with Crippen LogP contribution in [0.15, 0.2) is 66.7 Å². The van der Waals surface area contributed by atoms with Gasteiger partial charge in [0.2, 0.25) is 10.0 Å². The molecule has 0 aliphatic carbocycles. The zero-order valence-corrected chi connectivity index (χ0v) is 21.4. The largest absolute Gasteiger partial charge is 0.494 e. The summed E-state index contributed by atoms with van der Waals surface area (Å²) < 4.78 is 31.5. The lowest BCUT2D eigenvalue weighted by Gasteiger charge is -2.24. The molecule has 0 aliphatic heterocycles. The van der Waals surface area contributed by atoms with Gasteiger partial charge in [-0.05, 0) is 61.4 Å². The highest BCUT2D eigenvalue weighted by Crippen LogP contribution is 2.34. The van der Waals surface area contributed by atoms with Gasteiger partial charge >= 0.3 is 0 Å². The van der Waals surface area contributed by atoms with Crippen molar-refractivity contribution in [1.82, 2.24) is 5.32 Å². The topological polar surface area (TPSA) is 75.7 Å². The number of nitrogens with zero attached hydrogens (tertiary/aromatic N) is 1. The molecule has 0 radical (unpaired) electrons. The van der Waals surface area contributed by atoms with Gasteiger partial charge < -0.3 is 10.1 Å². The van der Waals surface area contributed by atoms with Crippen LogP contribution in [0.4, 0.5) is 5.69 Å². The zero-order chi connectivity index (χ0) is 24.9. The summed E-state index contributed by atoms with van der Waals surface area (Å²) >= 11 is 12.3. The van der Waals surface area contributed by atoms with E-state index in [0.29, 0.717) is 23.4 Å². The molecule has 0 bridgehead atoms. The van der Waals surface area contributed by atoms with E-state index in [9.17, 15) is 13.2 Å².